The molecule has 0 bridgehead atoms. The van der Waals surface area contributed by atoms with Crippen LogP contribution < -0.4 is 5.32 Å². The standard InChI is InChI=1S/C14H27NO3/c1-12-14(6-8-18-12,11-15-13-3-4-13)5-7-17-10-9-16-2/h12-13,15H,3-11H2,1-2H3. The van der Waals surface area contributed by atoms with Crippen molar-refractivity contribution in [1.82, 2.24) is 5.32 Å². The lowest BCUT2D eigenvalue weighted by Crippen LogP contribution is -2.41. The molecule has 1 saturated heterocycles. The van der Waals surface area contributed by atoms with Gasteiger partial charge in [0, 0.05) is 38.3 Å². The highest BCUT2D eigenvalue weighted by Crippen LogP contribution is 2.38. The lowest BCUT2D eigenvalue weighted by molar-refractivity contribution is 0.0206. The molecule has 2 aliphatic rings. The van der Waals surface area contributed by atoms with Crippen molar-refractivity contribution in [2.24, 2.45) is 5.41 Å². The summed E-state index contributed by atoms with van der Waals surface area (Å²) in [5.41, 5.74) is 0.273. The third-order valence-electron chi connectivity index (χ3n) is 4.33. The van der Waals surface area contributed by atoms with Gasteiger partial charge in [-0.3, -0.25) is 0 Å². The van der Waals surface area contributed by atoms with Crippen LogP contribution in [0.25, 0.3) is 0 Å². The van der Waals surface area contributed by atoms with Gasteiger partial charge in [-0.15, -0.1) is 0 Å². The summed E-state index contributed by atoms with van der Waals surface area (Å²) in [6, 6.07) is 0.768. The molecular formula is C14H27NO3. The molecule has 2 unspecified atom stereocenters. The molecule has 2 rings (SSSR count). The van der Waals surface area contributed by atoms with E-state index in [1.165, 1.54) is 12.8 Å². The molecule has 4 nitrogen and oxygen atoms in total. The zero-order valence-corrected chi connectivity index (χ0v) is 11.7. The first-order valence-electron chi connectivity index (χ1n) is 7.18. The van der Waals surface area contributed by atoms with Crippen molar-refractivity contribution in [3.63, 3.8) is 0 Å². The van der Waals surface area contributed by atoms with E-state index >= 15 is 0 Å². The zero-order valence-electron chi connectivity index (χ0n) is 11.7. The monoisotopic (exact) mass is 257 g/mol. The Morgan fingerprint density at radius 2 is 2.11 bits per heavy atom. The number of hydrogen-bond acceptors (Lipinski definition) is 4. The highest BCUT2D eigenvalue weighted by molar-refractivity contribution is 4.94. The quantitative estimate of drug-likeness (QED) is 0.637. The molecule has 0 aromatic carbocycles. The molecule has 0 aromatic heterocycles. The summed E-state index contributed by atoms with van der Waals surface area (Å²) < 4.78 is 16.4. The van der Waals surface area contributed by atoms with Crippen LogP contribution in [-0.2, 0) is 14.2 Å². The number of methoxy groups -OCH3 is 1. The summed E-state index contributed by atoms with van der Waals surface area (Å²) in [4.78, 5) is 0. The van der Waals surface area contributed by atoms with E-state index in [0.717, 1.165) is 38.6 Å². The molecular weight excluding hydrogens is 230 g/mol. The minimum Gasteiger partial charge on any atom is -0.382 e. The van der Waals surface area contributed by atoms with Crippen molar-refractivity contribution < 1.29 is 14.2 Å². The summed E-state index contributed by atoms with van der Waals surface area (Å²) in [5.74, 6) is 0. The van der Waals surface area contributed by atoms with Crippen molar-refractivity contribution in [3.05, 3.63) is 0 Å². The summed E-state index contributed by atoms with van der Waals surface area (Å²) in [5, 5.41) is 3.66. The van der Waals surface area contributed by atoms with Gasteiger partial charge in [0.25, 0.3) is 0 Å². The van der Waals surface area contributed by atoms with E-state index in [4.69, 9.17) is 14.2 Å². The topological polar surface area (TPSA) is 39.7 Å². The van der Waals surface area contributed by atoms with E-state index in [-0.39, 0.29) is 5.41 Å². The second-order valence-corrected chi connectivity index (χ2v) is 5.64. The van der Waals surface area contributed by atoms with Gasteiger partial charge in [-0.2, -0.15) is 0 Å². The van der Waals surface area contributed by atoms with Crippen molar-refractivity contribution >= 4 is 0 Å². The van der Waals surface area contributed by atoms with E-state index in [1.54, 1.807) is 7.11 Å². The second-order valence-electron chi connectivity index (χ2n) is 5.64. The average Bonchev–Trinajstić information content (AvgIpc) is 3.13. The van der Waals surface area contributed by atoms with Gasteiger partial charge in [0.2, 0.25) is 0 Å². The smallest absolute Gasteiger partial charge is 0.0700 e. The van der Waals surface area contributed by atoms with E-state index in [9.17, 15) is 0 Å². The number of ether oxygens (including phenoxy) is 3. The molecule has 1 heterocycles. The molecule has 18 heavy (non-hydrogen) atoms. The van der Waals surface area contributed by atoms with Crippen molar-refractivity contribution in [2.45, 2.75) is 44.8 Å². The number of hydrogen-bond donors (Lipinski definition) is 1. The average molecular weight is 257 g/mol. The van der Waals surface area contributed by atoms with Gasteiger partial charge in [-0.25, -0.2) is 0 Å². The summed E-state index contributed by atoms with van der Waals surface area (Å²) in [6.45, 7) is 6.36. The predicted octanol–water partition coefficient (Wildman–Crippen LogP) is 1.59. The molecule has 1 aliphatic heterocycles. The van der Waals surface area contributed by atoms with Gasteiger partial charge >= 0.3 is 0 Å². The molecule has 4 heteroatoms. The Hall–Kier alpha value is -0.160. The fourth-order valence-electron chi connectivity index (χ4n) is 2.62. The fourth-order valence-corrected chi connectivity index (χ4v) is 2.62. The minimum atomic E-state index is 0.273. The zero-order chi connectivity index (χ0) is 12.8. The first kappa shape index (κ1) is 14.3. The third kappa shape index (κ3) is 3.92. The molecule has 2 atom stereocenters. The number of rotatable bonds is 9. The van der Waals surface area contributed by atoms with Crippen LogP contribution in [0, 0.1) is 5.41 Å². The molecule has 0 amide bonds. The van der Waals surface area contributed by atoms with Gasteiger partial charge in [-0.1, -0.05) is 0 Å². The molecule has 0 radical (unpaired) electrons. The maximum atomic E-state index is 5.78. The highest BCUT2D eigenvalue weighted by atomic mass is 16.5. The number of nitrogens with one attached hydrogen (secondary N) is 1. The van der Waals surface area contributed by atoms with Crippen LogP contribution >= 0.6 is 0 Å². The van der Waals surface area contributed by atoms with E-state index < -0.39 is 0 Å². The molecule has 0 aromatic rings. The highest BCUT2D eigenvalue weighted by Gasteiger charge is 2.41. The Morgan fingerprint density at radius 3 is 2.72 bits per heavy atom. The molecule has 1 N–H and O–H groups in total. The van der Waals surface area contributed by atoms with E-state index in [1.807, 2.05) is 0 Å². The van der Waals surface area contributed by atoms with Crippen LogP contribution in [0.1, 0.15) is 32.6 Å². The lowest BCUT2D eigenvalue weighted by Gasteiger charge is -2.32. The molecule has 0 spiro atoms. The SMILES string of the molecule is COCCOCCC1(CNC2CC2)CCOC1C. The van der Waals surface area contributed by atoms with Crippen LogP contribution in [-0.4, -0.2) is 52.2 Å². The Morgan fingerprint density at radius 1 is 1.28 bits per heavy atom. The maximum absolute atomic E-state index is 5.78. The Labute approximate surface area is 110 Å². The van der Waals surface area contributed by atoms with Crippen LogP contribution in [0.15, 0.2) is 0 Å². The minimum absolute atomic E-state index is 0.273. The van der Waals surface area contributed by atoms with Crippen molar-refractivity contribution in [1.29, 1.82) is 0 Å². The lowest BCUT2D eigenvalue weighted by atomic mass is 9.78. The van der Waals surface area contributed by atoms with Crippen molar-refractivity contribution in [3.8, 4) is 0 Å². The largest absolute Gasteiger partial charge is 0.382 e. The summed E-state index contributed by atoms with van der Waals surface area (Å²) in [6.07, 6.45) is 5.26. The van der Waals surface area contributed by atoms with Gasteiger partial charge < -0.3 is 19.5 Å². The predicted molar refractivity (Wildman–Crippen MR) is 70.8 cm³/mol. The van der Waals surface area contributed by atoms with Gasteiger partial charge in [0.05, 0.1) is 19.3 Å². The molecule has 2 fully saturated rings. The fraction of sp³-hybridized carbons (Fsp3) is 1.00. The van der Waals surface area contributed by atoms with E-state index in [2.05, 4.69) is 12.2 Å². The summed E-state index contributed by atoms with van der Waals surface area (Å²) in [7, 11) is 1.71. The van der Waals surface area contributed by atoms with Gasteiger partial charge in [0.15, 0.2) is 0 Å². The normalized spacial score (nSPS) is 32.0. The molecule has 1 aliphatic carbocycles. The molecule has 106 valence electrons. The van der Waals surface area contributed by atoms with E-state index in [0.29, 0.717) is 19.3 Å². The van der Waals surface area contributed by atoms with Crippen LogP contribution in [0.4, 0.5) is 0 Å². The first-order valence-corrected chi connectivity index (χ1v) is 7.18. The van der Waals surface area contributed by atoms with Crippen LogP contribution in [0.2, 0.25) is 0 Å². The third-order valence-corrected chi connectivity index (χ3v) is 4.33. The van der Waals surface area contributed by atoms with Crippen LogP contribution in [0.5, 0.6) is 0 Å². The van der Waals surface area contributed by atoms with Gasteiger partial charge in [-0.05, 0) is 32.6 Å². The second kappa shape index (κ2) is 6.85. The van der Waals surface area contributed by atoms with Crippen LogP contribution in [0.3, 0.4) is 0 Å². The Balaban J connectivity index is 1.72. The summed E-state index contributed by atoms with van der Waals surface area (Å²) >= 11 is 0. The Kier molecular flexibility index (Phi) is 5.42. The Bertz CT molecular complexity index is 245. The maximum Gasteiger partial charge on any atom is 0.0700 e. The van der Waals surface area contributed by atoms with Gasteiger partial charge in [0.1, 0.15) is 0 Å². The molecule has 1 saturated carbocycles. The first-order chi connectivity index (χ1) is 8.77. The van der Waals surface area contributed by atoms with Crippen molar-refractivity contribution in [2.75, 3.05) is 40.1 Å².